The number of thiophene rings is 1. The van der Waals surface area contributed by atoms with Gasteiger partial charge in [0.1, 0.15) is 23.9 Å². The van der Waals surface area contributed by atoms with E-state index in [-0.39, 0.29) is 11.9 Å². The normalized spacial score (nSPS) is 11.5. The minimum Gasteiger partial charge on any atom is -0.368 e. The van der Waals surface area contributed by atoms with E-state index < -0.39 is 0 Å². The molecule has 0 radical (unpaired) electrons. The van der Waals surface area contributed by atoms with Crippen LogP contribution in [-0.4, -0.2) is 53.4 Å². The zero-order chi connectivity index (χ0) is 19.4. The smallest absolute Gasteiger partial charge is 0.224 e. The molecule has 5 aromatic heterocycles. The number of nitrogens with two attached hydrogens (primary N) is 2. The van der Waals surface area contributed by atoms with Crippen molar-refractivity contribution in [2.75, 3.05) is 30.5 Å². The Hall–Kier alpha value is -3.80. The molecule has 0 fully saturated rings. The molecule has 28 heavy (non-hydrogen) atoms. The molecule has 5 rings (SSSR count). The molecule has 140 valence electrons. The van der Waals surface area contributed by atoms with E-state index in [2.05, 4.69) is 29.9 Å². The largest absolute Gasteiger partial charge is 0.368 e. The molecule has 4 N–H and O–H groups in total. The molecule has 0 saturated carbocycles. The highest BCUT2D eigenvalue weighted by Crippen LogP contribution is 2.30. The van der Waals surface area contributed by atoms with Crippen LogP contribution in [0.4, 0.5) is 17.7 Å². The quantitative estimate of drug-likeness (QED) is 0.462. The number of hydrogen-bond acceptors (Lipinski definition) is 10. The molecule has 0 bridgehead atoms. The molecule has 0 aliphatic carbocycles. The number of nitrogen functional groups attached to an aromatic ring is 2. The molecule has 0 aliphatic rings. The van der Waals surface area contributed by atoms with E-state index in [0.717, 1.165) is 4.88 Å². The molecule has 5 aromatic rings. The van der Waals surface area contributed by atoms with Crippen LogP contribution in [0, 0.1) is 0 Å². The zero-order valence-electron chi connectivity index (χ0n) is 15.0. The molecule has 0 spiro atoms. The number of nitrogens with zero attached hydrogens (tertiary/aromatic N) is 9. The lowest BCUT2D eigenvalue weighted by atomic mass is 10.3. The predicted octanol–water partition coefficient (Wildman–Crippen LogP) is 1.24. The second-order valence-electron chi connectivity index (χ2n) is 6.23. The van der Waals surface area contributed by atoms with Crippen molar-refractivity contribution in [3.05, 3.63) is 30.2 Å². The summed E-state index contributed by atoms with van der Waals surface area (Å²) >= 11 is 1.56. The van der Waals surface area contributed by atoms with Crippen LogP contribution in [0.2, 0.25) is 0 Å². The SMILES string of the molecule is CN(C)c1nc(N)nc2c1ncn2-n1cnc2c(-c3cccs3)nc(N)nc21. The summed E-state index contributed by atoms with van der Waals surface area (Å²) in [5.74, 6) is 0.931. The van der Waals surface area contributed by atoms with Crippen molar-refractivity contribution in [2.24, 2.45) is 0 Å². The van der Waals surface area contributed by atoms with Crippen molar-refractivity contribution >= 4 is 51.4 Å². The van der Waals surface area contributed by atoms with Crippen molar-refractivity contribution in [1.29, 1.82) is 0 Å². The van der Waals surface area contributed by atoms with Crippen LogP contribution in [0.15, 0.2) is 30.2 Å². The maximum absolute atomic E-state index is 5.98. The van der Waals surface area contributed by atoms with Crippen molar-refractivity contribution in [1.82, 2.24) is 39.3 Å². The molecule has 0 unspecified atom stereocenters. The van der Waals surface area contributed by atoms with Gasteiger partial charge < -0.3 is 16.4 Å². The van der Waals surface area contributed by atoms with Crippen LogP contribution in [0.5, 0.6) is 0 Å². The highest BCUT2D eigenvalue weighted by Gasteiger charge is 2.19. The van der Waals surface area contributed by atoms with E-state index in [1.807, 2.05) is 36.5 Å². The highest BCUT2D eigenvalue weighted by molar-refractivity contribution is 7.13. The van der Waals surface area contributed by atoms with E-state index >= 15 is 0 Å². The molecule has 11 nitrogen and oxygen atoms in total. The number of imidazole rings is 2. The van der Waals surface area contributed by atoms with Crippen LogP contribution in [-0.2, 0) is 0 Å². The Balaban J connectivity index is 1.79. The van der Waals surface area contributed by atoms with Gasteiger partial charge in [0.25, 0.3) is 0 Å². The van der Waals surface area contributed by atoms with Gasteiger partial charge in [-0.3, -0.25) is 0 Å². The second kappa shape index (κ2) is 5.85. The van der Waals surface area contributed by atoms with Crippen LogP contribution < -0.4 is 16.4 Å². The Labute approximate surface area is 162 Å². The molecule has 0 aromatic carbocycles. The Morgan fingerprint density at radius 3 is 2.18 bits per heavy atom. The summed E-state index contributed by atoms with van der Waals surface area (Å²) in [6.07, 6.45) is 3.25. The van der Waals surface area contributed by atoms with E-state index in [1.54, 1.807) is 33.3 Å². The zero-order valence-corrected chi connectivity index (χ0v) is 15.8. The fraction of sp³-hybridized carbons (Fsp3) is 0.125. The molecular weight excluding hydrogens is 378 g/mol. The Bertz CT molecular complexity index is 1320. The molecule has 5 heterocycles. The number of anilines is 3. The standard InChI is InChI=1S/C16H15N11S/c1-25(2)12-11-14(24-16(18)22-12)27(7-20-11)26-6-19-10-9(8-4-3-5-28-8)21-15(17)23-13(10)26/h3-7H,1-2H3,(H2,17,21,23)(H2,18,22,24). The monoisotopic (exact) mass is 393 g/mol. The van der Waals surface area contributed by atoms with Gasteiger partial charge in [0.15, 0.2) is 22.6 Å². The number of rotatable bonds is 3. The Morgan fingerprint density at radius 1 is 0.893 bits per heavy atom. The van der Waals surface area contributed by atoms with Gasteiger partial charge >= 0.3 is 0 Å². The minimum absolute atomic E-state index is 0.149. The third kappa shape index (κ3) is 2.35. The van der Waals surface area contributed by atoms with Gasteiger partial charge in [-0.1, -0.05) is 6.07 Å². The topological polar surface area (TPSA) is 142 Å². The molecule has 0 amide bonds. The predicted molar refractivity (Wildman–Crippen MR) is 108 cm³/mol. The fourth-order valence-electron chi connectivity index (χ4n) is 3.01. The summed E-state index contributed by atoms with van der Waals surface area (Å²) in [5.41, 5.74) is 14.9. The summed E-state index contributed by atoms with van der Waals surface area (Å²) < 4.78 is 3.42. The lowest BCUT2D eigenvalue weighted by Crippen LogP contribution is -2.14. The van der Waals surface area contributed by atoms with Crippen molar-refractivity contribution in [3.63, 3.8) is 0 Å². The van der Waals surface area contributed by atoms with Crippen molar-refractivity contribution in [3.8, 4) is 10.6 Å². The van der Waals surface area contributed by atoms with Gasteiger partial charge in [-0.25, -0.2) is 24.3 Å². The summed E-state index contributed by atoms with van der Waals surface area (Å²) in [4.78, 5) is 29.1. The summed E-state index contributed by atoms with van der Waals surface area (Å²) in [7, 11) is 3.74. The molecule has 0 aliphatic heterocycles. The summed E-state index contributed by atoms with van der Waals surface area (Å²) in [6.45, 7) is 0. The minimum atomic E-state index is 0.149. The molecule has 0 saturated heterocycles. The average molecular weight is 393 g/mol. The third-order valence-electron chi connectivity index (χ3n) is 4.18. The van der Waals surface area contributed by atoms with E-state index in [0.29, 0.717) is 33.8 Å². The maximum Gasteiger partial charge on any atom is 0.224 e. The van der Waals surface area contributed by atoms with Gasteiger partial charge in [0.05, 0.1) is 4.88 Å². The Morgan fingerprint density at radius 2 is 1.54 bits per heavy atom. The van der Waals surface area contributed by atoms with E-state index in [4.69, 9.17) is 11.5 Å². The van der Waals surface area contributed by atoms with Crippen molar-refractivity contribution < 1.29 is 0 Å². The van der Waals surface area contributed by atoms with Crippen molar-refractivity contribution in [2.45, 2.75) is 0 Å². The number of hydrogen-bond donors (Lipinski definition) is 2. The molecular formula is C16H15N11S. The fourth-order valence-corrected chi connectivity index (χ4v) is 3.72. The van der Waals surface area contributed by atoms with Crippen LogP contribution in [0.3, 0.4) is 0 Å². The highest BCUT2D eigenvalue weighted by atomic mass is 32.1. The first-order valence-electron chi connectivity index (χ1n) is 8.26. The van der Waals surface area contributed by atoms with E-state index in [9.17, 15) is 0 Å². The number of aromatic nitrogens is 8. The van der Waals surface area contributed by atoms with Gasteiger partial charge in [0.2, 0.25) is 11.9 Å². The third-order valence-corrected chi connectivity index (χ3v) is 5.06. The first-order chi connectivity index (χ1) is 13.5. The second-order valence-corrected chi connectivity index (χ2v) is 7.18. The first kappa shape index (κ1) is 16.4. The number of fused-ring (bicyclic) bond motifs is 2. The van der Waals surface area contributed by atoms with Crippen LogP contribution in [0.1, 0.15) is 0 Å². The van der Waals surface area contributed by atoms with Gasteiger partial charge in [-0.2, -0.15) is 15.0 Å². The van der Waals surface area contributed by atoms with Crippen LogP contribution in [0.25, 0.3) is 32.9 Å². The van der Waals surface area contributed by atoms with Gasteiger partial charge in [0, 0.05) is 14.1 Å². The Kier molecular flexibility index (Phi) is 3.42. The molecule has 12 heteroatoms. The summed E-state index contributed by atoms with van der Waals surface area (Å²) in [6, 6.07) is 3.92. The first-order valence-corrected chi connectivity index (χ1v) is 9.14. The maximum atomic E-state index is 5.98. The lowest BCUT2D eigenvalue weighted by molar-refractivity contribution is 0.688. The average Bonchev–Trinajstić information content (AvgIpc) is 3.39. The molecule has 0 atom stereocenters. The van der Waals surface area contributed by atoms with E-state index in [1.165, 1.54) is 0 Å². The summed E-state index contributed by atoms with van der Waals surface area (Å²) in [5, 5.41) is 1.97. The lowest BCUT2D eigenvalue weighted by Gasteiger charge is -2.12. The van der Waals surface area contributed by atoms with Crippen LogP contribution >= 0.6 is 11.3 Å². The van der Waals surface area contributed by atoms with Gasteiger partial charge in [-0.05, 0) is 11.4 Å². The van der Waals surface area contributed by atoms with Gasteiger partial charge in [-0.15, -0.1) is 11.3 Å².